The lowest BCUT2D eigenvalue weighted by atomic mass is 10.1. The maximum atomic E-state index is 14.2. The standard InChI is InChI=1S/C16H21ClF2N2/c17-10-12-8-14(18)16(15(19)9-12)21-7-4-13(11-21)20-5-2-1-3-6-20/h8-9,13H,1-7,10-11H2. The third-order valence-electron chi connectivity index (χ3n) is 4.62. The highest BCUT2D eigenvalue weighted by molar-refractivity contribution is 6.17. The van der Waals surface area contributed by atoms with Gasteiger partial charge in [-0.05, 0) is 50.0 Å². The quantitative estimate of drug-likeness (QED) is 0.784. The second-order valence-electron chi connectivity index (χ2n) is 6.03. The molecule has 2 aliphatic rings. The van der Waals surface area contributed by atoms with E-state index < -0.39 is 11.6 Å². The average Bonchev–Trinajstić information content (AvgIpc) is 2.97. The third-order valence-corrected chi connectivity index (χ3v) is 4.93. The van der Waals surface area contributed by atoms with Gasteiger partial charge in [-0.15, -0.1) is 11.6 Å². The Labute approximate surface area is 129 Å². The minimum atomic E-state index is -0.495. The summed E-state index contributed by atoms with van der Waals surface area (Å²) in [5, 5.41) is 0. The predicted octanol–water partition coefficient (Wildman–Crippen LogP) is 3.77. The molecule has 0 aliphatic carbocycles. The fraction of sp³-hybridized carbons (Fsp3) is 0.625. The number of hydrogen-bond donors (Lipinski definition) is 0. The zero-order valence-electron chi connectivity index (χ0n) is 12.1. The Bertz CT molecular complexity index is 480. The van der Waals surface area contributed by atoms with E-state index in [4.69, 9.17) is 11.6 Å². The van der Waals surface area contributed by atoms with E-state index in [2.05, 4.69) is 4.90 Å². The molecule has 1 aromatic carbocycles. The summed E-state index contributed by atoms with van der Waals surface area (Å²) in [6, 6.07) is 3.12. The number of piperidine rings is 1. The second kappa shape index (κ2) is 6.49. The molecule has 3 rings (SSSR count). The van der Waals surface area contributed by atoms with Gasteiger partial charge in [0.25, 0.3) is 0 Å². The second-order valence-corrected chi connectivity index (χ2v) is 6.29. The Balaban J connectivity index is 1.74. The largest absolute Gasteiger partial charge is 0.365 e. The van der Waals surface area contributed by atoms with Crippen LogP contribution in [0.15, 0.2) is 12.1 Å². The average molecular weight is 315 g/mol. The number of rotatable bonds is 3. The minimum Gasteiger partial charge on any atom is -0.365 e. The lowest BCUT2D eigenvalue weighted by Gasteiger charge is -2.32. The van der Waals surface area contributed by atoms with Crippen LogP contribution in [0.2, 0.25) is 0 Å². The number of halogens is 3. The van der Waals surface area contributed by atoms with E-state index in [0.717, 1.165) is 26.1 Å². The SMILES string of the molecule is Fc1cc(CCl)cc(F)c1N1CCC(N2CCCCC2)C1. The van der Waals surface area contributed by atoms with E-state index in [1.54, 1.807) is 0 Å². The lowest BCUT2D eigenvalue weighted by molar-refractivity contribution is 0.174. The van der Waals surface area contributed by atoms with Crippen molar-refractivity contribution in [3.05, 3.63) is 29.3 Å². The molecule has 5 heteroatoms. The van der Waals surface area contributed by atoms with Gasteiger partial charge < -0.3 is 4.90 Å². The maximum absolute atomic E-state index is 14.2. The first-order valence-electron chi connectivity index (χ1n) is 7.72. The van der Waals surface area contributed by atoms with Crippen LogP contribution in [0.5, 0.6) is 0 Å². The summed E-state index contributed by atoms with van der Waals surface area (Å²) >= 11 is 5.65. The molecule has 0 N–H and O–H groups in total. The normalized spacial score (nSPS) is 23.8. The van der Waals surface area contributed by atoms with Crippen molar-refractivity contribution in [3.63, 3.8) is 0 Å². The summed E-state index contributed by atoms with van der Waals surface area (Å²) in [7, 11) is 0. The highest BCUT2D eigenvalue weighted by atomic mass is 35.5. The fourth-order valence-corrected chi connectivity index (χ4v) is 3.68. The van der Waals surface area contributed by atoms with Crippen molar-refractivity contribution in [3.8, 4) is 0 Å². The van der Waals surface area contributed by atoms with Crippen molar-refractivity contribution in [2.24, 2.45) is 0 Å². The van der Waals surface area contributed by atoms with Crippen LogP contribution in [0.4, 0.5) is 14.5 Å². The van der Waals surface area contributed by atoms with Gasteiger partial charge >= 0.3 is 0 Å². The first-order chi connectivity index (χ1) is 10.2. The molecule has 0 radical (unpaired) electrons. The van der Waals surface area contributed by atoms with Crippen LogP contribution in [0.25, 0.3) is 0 Å². The zero-order valence-corrected chi connectivity index (χ0v) is 12.9. The predicted molar refractivity (Wildman–Crippen MR) is 82.0 cm³/mol. The monoisotopic (exact) mass is 314 g/mol. The summed E-state index contributed by atoms with van der Waals surface area (Å²) in [5.41, 5.74) is 0.602. The van der Waals surface area contributed by atoms with E-state index >= 15 is 0 Å². The van der Waals surface area contributed by atoms with Crippen LogP contribution in [-0.2, 0) is 5.88 Å². The molecular formula is C16H21ClF2N2. The van der Waals surface area contributed by atoms with E-state index in [9.17, 15) is 8.78 Å². The Morgan fingerprint density at radius 3 is 2.33 bits per heavy atom. The van der Waals surface area contributed by atoms with Gasteiger partial charge in [-0.3, -0.25) is 4.90 Å². The minimum absolute atomic E-state index is 0.114. The highest BCUT2D eigenvalue weighted by Crippen LogP contribution is 2.30. The topological polar surface area (TPSA) is 6.48 Å². The molecule has 1 aromatic rings. The Hall–Kier alpha value is -0.870. The number of anilines is 1. The van der Waals surface area contributed by atoms with Gasteiger partial charge in [-0.25, -0.2) is 8.78 Å². The van der Waals surface area contributed by atoms with Crippen LogP contribution in [-0.4, -0.2) is 37.1 Å². The van der Waals surface area contributed by atoms with Crippen LogP contribution in [0.1, 0.15) is 31.2 Å². The van der Waals surface area contributed by atoms with E-state index in [1.807, 2.05) is 4.90 Å². The Morgan fingerprint density at radius 1 is 1.05 bits per heavy atom. The number of alkyl halides is 1. The van der Waals surface area contributed by atoms with Crippen molar-refractivity contribution >= 4 is 17.3 Å². The summed E-state index contributed by atoms with van der Waals surface area (Å²) in [4.78, 5) is 4.33. The molecule has 0 bridgehead atoms. The van der Waals surface area contributed by atoms with Gasteiger partial charge in [-0.2, -0.15) is 0 Å². The van der Waals surface area contributed by atoms with E-state index in [0.29, 0.717) is 18.2 Å². The molecule has 0 spiro atoms. The summed E-state index contributed by atoms with van der Waals surface area (Å²) in [6.07, 6.45) is 4.76. The van der Waals surface area contributed by atoms with Crippen LogP contribution in [0, 0.1) is 11.6 Å². The van der Waals surface area contributed by atoms with Crippen molar-refractivity contribution in [2.75, 3.05) is 31.1 Å². The van der Waals surface area contributed by atoms with E-state index in [-0.39, 0.29) is 11.6 Å². The maximum Gasteiger partial charge on any atom is 0.149 e. The van der Waals surface area contributed by atoms with E-state index in [1.165, 1.54) is 31.4 Å². The van der Waals surface area contributed by atoms with Crippen LogP contribution >= 0.6 is 11.6 Å². The number of likely N-dealkylation sites (tertiary alicyclic amines) is 1. The van der Waals surface area contributed by atoms with Crippen molar-refractivity contribution in [1.82, 2.24) is 4.90 Å². The van der Waals surface area contributed by atoms with Gasteiger partial charge in [-0.1, -0.05) is 6.42 Å². The Kier molecular flexibility index (Phi) is 4.65. The molecule has 0 amide bonds. The molecule has 116 valence electrons. The van der Waals surface area contributed by atoms with Gasteiger partial charge in [0.2, 0.25) is 0 Å². The molecule has 0 aromatic heterocycles. The molecule has 0 saturated carbocycles. The molecule has 2 fully saturated rings. The van der Waals surface area contributed by atoms with Gasteiger partial charge in [0.1, 0.15) is 17.3 Å². The van der Waals surface area contributed by atoms with Crippen molar-refractivity contribution in [2.45, 2.75) is 37.6 Å². The molecule has 2 nitrogen and oxygen atoms in total. The molecule has 1 unspecified atom stereocenters. The molecule has 2 aliphatic heterocycles. The number of hydrogen-bond acceptors (Lipinski definition) is 2. The van der Waals surface area contributed by atoms with Crippen molar-refractivity contribution in [1.29, 1.82) is 0 Å². The van der Waals surface area contributed by atoms with Crippen LogP contribution < -0.4 is 4.90 Å². The van der Waals surface area contributed by atoms with Gasteiger partial charge in [0, 0.05) is 25.0 Å². The lowest BCUT2D eigenvalue weighted by Crippen LogP contribution is -2.41. The number of nitrogens with zero attached hydrogens (tertiary/aromatic N) is 2. The smallest absolute Gasteiger partial charge is 0.149 e. The first kappa shape index (κ1) is 15.0. The fourth-order valence-electron chi connectivity index (χ4n) is 3.52. The van der Waals surface area contributed by atoms with Gasteiger partial charge in [0.15, 0.2) is 0 Å². The van der Waals surface area contributed by atoms with Crippen molar-refractivity contribution < 1.29 is 8.78 Å². The zero-order chi connectivity index (χ0) is 14.8. The third kappa shape index (κ3) is 3.16. The number of benzene rings is 1. The highest BCUT2D eigenvalue weighted by Gasteiger charge is 2.31. The molecule has 2 saturated heterocycles. The summed E-state index contributed by atoms with van der Waals surface area (Å²) in [5.74, 6) is -0.861. The molecule has 21 heavy (non-hydrogen) atoms. The molecule has 2 heterocycles. The summed E-state index contributed by atoms with van der Waals surface area (Å²) < 4.78 is 28.3. The molecule has 1 atom stereocenters. The molecular weight excluding hydrogens is 294 g/mol. The van der Waals surface area contributed by atoms with Gasteiger partial charge in [0.05, 0.1) is 0 Å². The summed E-state index contributed by atoms with van der Waals surface area (Å²) in [6.45, 7) is 3.67. The Morgan fingerprint density at radius 2 is 1.71 bits per heavy atom. The van der Waals surface area contributed by atoms with Crippen LogP contribution in [0.3, 0.4) is 0 Å². The first-order valence-corrected chi connectivity index (χ1v) is 8.25.